The summed E-state index contributed by atoms with van der Waals surface area (Å²) in [6.07, 6.45) is 3.19. The predicted octanol–water partition coefficient (Wildman–Crippen LogP) is 2.48. The number of hydrogen-bond donors (Lipinski definition) is 0. The minimum absolute atomic E-state index is 0.00174. The molecular weight excluding hydrogens is 264 g/mol. The highest BCUT2D eigenvalue weighted by Gasteiger charge is 2.15. The van der Waals surface area contributed by atoms with Crippen molar-refractivity contribution in [1.29, 1.82) is 0 Å². The first kappa shape index (κ1) is 9.61. The first-order valence-corrected chi connectivity index (χ1v) is 5.61. The Hall–Kier alpha value is -0.940. The van der Waals surface area contributed by atoms with Gasteiger partial charge in [-0.05, 0) is 27.4 Å². The summed E-state index contributed by atoms with van der Waals surface area (Å²) in [7, 11) is 1.81. The van der Waals surface area contributed by atoms with Gasteiger partial charge in [0.1, 0.15) is 5.69 Å². The average molecular weight is 271 g/mol. The van der Waals surface area contributed by atoms with E-state index in [0.717, 1.165) is 3.79 Å². The molecule has 0 aliphatic heterocycles. The number of aromatic nitrogens is 2. The zero-order chi connectivity index (χ0) is 10.1. The van der Waals surface area contributed by atoms with Gasteiger partial charge in [0.25, 0.3) is 0 Å². The lowest BCUT2D eigenvalue weighted by Crippen LogP contribution is -2.05. The highest BCUT2D eigenvalue weighted by molar-refractivity contribution is 9.11. The molecule has 0 N–H and O–H groups in total. The summed E-state index contributed by atoms with van der Waals surface area (Å²) < 4.78 is 2.58. The second kappa shape index (κ2) is 3.67. The molecule has 0 aromatic carbocycles. The molecule has 2 aromatic heterocycles. The van der Waals surface area contributed by atoms with E-state index in [-0.39, 0.29) is 5.78 Å². The summed E-state index contributed by atoms with van der Waals surface area (Å²) in [5.74, 6) is -0.00174. The zero-order valence-corrected chi connectivity index (χ0v) is 9.80. The van der Waals surface area contributed by atoms with Crippen LogP contribution >= 0.6 is 27.3 Å². The minimum atomic E-state index is -0.00174. The molecule has 2 aromatic rings. The third-order valence-electron chi connectivity index (χ3n) is 1.91. The number of carbonyl (C=O) groups excluding carboxylic acids is 1. The zero-order valence-electron chi connectivity index (χ0n) is 7.40. The molecule has 0 saturated heterocycles. The quantitative estimate of drug-likeness (QED) is 0.786. The van der Waals surface area contributed by atoms with Crippen molar-refractivity contribution in [3.05, 3.63) is 39.0 Å². The van der Waals surface area contributed by atoms with E-state index in [9.17, 15) is 4.79 Å². The van der Waals surface area contributed by atoms with E-state index in [1.165, 1.54) is 11.3 Å². The standard InChI is InChI=1S/C9H7BrN2OS/c1-12-5-11-4-7(12)8(13)6-2-3-14-9(6)10/h2-5H,1H3. The minimum Gasteiger partial charge on any atom is -0.331 e. The lowest BCUT2D eigenvalue weighted by atomic mass is 10.2. The van der Waals surface area contributed by atoms with E-state index < -0.39 is 0 Å². The van der Waals surface area contributed by atoms with E-state index >= 15 is 0 Å². The molecular formula is C9H7BrN2OS. The fraction of sp³-hybridized carbons (Fsp3) is 0.111. The average Bonchev–Trinajstić information content (AvgIpc) is 2.73. The molecule has 0 fully saturated rings. The molecule has 5 heteroatoms. The molecule has 2 rings (SSSR count). The first-order valence-electron chi connectivity index (χ1n) is 3.94. The second-order valence-corrected chi connectivity index (χ2v) is 5.06. The summed E-state index contributed by atoms with van der Waals surface area (Å²) in [4.78, 5) is 15.8. The number of halogens is 1. The van der Waals surface area contributed by atoms with Gasteiger partial charge in [-0.3, -0.25) is 4.79 Å². The molecule has 0 spiro atoms. The van der Waals surface area contributed by atoms with Crippen LogP contribution in [0, 0.1) is 0 Å². The van der Waals surface area contributed by atoms with Gasteiger partial charge in [-0.25, -0.2) is 4.98 Å². The maximum absolute atomic E-state index is 11.9. The Labute approximate surface area is 93.5 Å². The summed E-state index contributed by atoms with van der Waals surface area (Å²) in [5.41, 5.74) is 1.29. The van der Waals surface area contributed by atoms with Crippen LogP contribution in [0.5, 0.6) is 0 Å². The number of rotatable bonds is 2. The van der Waals surface area contributed by atoms with Crippen molar-refractivity contribution in [3.8, 4) is 0 Å². The smallest absolute Gasteiger partial charge is 0.212 e. The van der Waals surface area contributed by atoms with Crippen LogP contribution in [0.3, 0.4) is 0 Å². The van der Waals surface area contributed by atoms with Crippen LogP contribution in [0.15, 0.2) is 27.8 Å². The third kappa shape index (κ3) is 1.53. The number of aryl methyl sites for hydroxylation is 1. The van der Waals surface area contributed by atoms with Gasteiger partial charge in [-0.15, -0.1) is 11.3 Å². The van der Waals surface area contributed by atoms with Crippen molar-refractivity contribution in [2.45, 2.75) is 0 Å². The van der Waals surface area contributed by atoms with Crippen LogP contribution in [-0.2, 0) is 7.05 Å². The van der Waals surface area contributed by atoms with Crippen LogP contribution in [0.1, 0.15) is 16.1 Å². The fourth-order valence-corrected chi connectivity index (χ4v) is 2.42. The van der Waals surface area contributed by atoms with Crippen LogP contribution in [0.2, 0.25) is 0 Å². The normalized spacial score (nSPS) is 10.4. The number of hydrogen-bond acceptors (Lipinski definition) is 3. The molecule has 0 aliphatic rings. The van der Waals surface area contributed by atoms with E-state index in [1.54, 1.807) is 24.1 Å². The fourth-order valence-electron chi connectivity index (χ4n) is 1.17. The molecule has 0 aliphatic carbocycles. The SMILES string of the molecule is Cn1cncc1C(=O)c1ccsc1Br. The second-order valence-electron chi connectivity index (χ2n) is 2.83. The summed E-state index contributed by atoms with van der Waals surface area (Å²) in [5, 5.41) is 1.88. The molecule has 0 saturated carbocycles. The van der Waals surface area contributed by atoms with Gasteiger partial charge < -0.3 is 4.57 Å². The van der Waals surface area contributed by atoms with E-state index in [4.69, 9.17) is 0 Å². The summed E-state index contributed by atoms with van der Waals surface area (Å²) in [6.45, 7) is 0. The van der Waals surface area contributed by atoms with E-state index in [1.807, 2.05) is 11.4 Å². The third-order valence-corrected chi connectivity index (χ3v) is 3.60. The predicted molar refractivity (Wildman–Crippen MR) is 58.7 cm³/mol. The van der Waals surface area contributed by atoms with Gasteiger partial charge in [0, 0.05) is 12.6 Å². The van der Waals surface area contributed by atoms with Crippen molar-refractivity contribution in [3.63, 3.8) is 0 Å². The monoisotopic (exact) mass is 270 g/mol. The molecule has 0 atom stereocenters. The molecule has 0 bridgehead atoms. The number of carbonyl (C=O) groups is 1. The molecule has 2 heterocycles. The van der Waals surface area contributed by atoms with Gasteiger partial charge in [0.15, 0.2) is 0 Å². The summed E-state index contributed by atoms with van der Waals surface area (Å²) in [6, 6.07) is 1.81. The maximum atomic E-state index is 11.9. The largest absolute Gasteiger partial charge is 0.331 e. The van der Waals surface area contributed by atoms with Crippen LogP contribution < -0.4 is 0 Å². The molecule has 0 amide bonds. The molecule has 14 heavy (non-hydrogen) atoms. The molecule has 0 unspecified atom stereocenters. The lowest BCUT2D eigenvalue weighted by molar-refractivity contribution is 0.103. The van der Waals surface area contributed by atoms with Gasteiger partial charge >= 0.3 is 0 Å². The maximum Gasteiger partial charge on any atom is 0.212 e. The van der Waals surface area contributed by atoms with Crippen molar-refractivity contribution in [2.75, 3.05) is 0 Å². The Morgan fingerprint density at radius 2 is 2.43 bits per heavy atom. The highest BCUT2D eigenvalue weighted by Crippen LogP contribution is 2.25. The van der Waals surface area contributed by atoms with E-state index in [0.29, 0.717) is 11.3 Å². The topological polar surface area (TPSA) is 34.9 Å². The number of thiophene rings is 1. The molecule has 72 valence electrons. The lowest BCUT2D eigenvalue weighted by Gasteiger charge is -1.99. The Bertz CT molecular complexity index is 432. The van der Waals surface area contributed by atoms with Crippen molar-refractivity contribution < 1.29 is 4.79 Å². The van der Waals surface area contributed by atoms with Crippen LogP contribution in [-0.4, -0.2) is 15.3 Å². The molecule has 0 radical (unpaired) electrons. The highest BCUT2D eigenvalue weighted by atomic mass is 79.9. The number of nitrogens with zero attached hydrogens (tertiary/aromatic N) is 2. The first-order chi connectivity index (χ1) is 6.70. The van der Waals surface area contributed by atoms with Gasteiger partial charge in [0.05, 0.1) is 16.3 Å². The van der Waals surface area contributed by atoms with E-state index in [2.05, 4.69) is 20.9 Å². The Morgan fingerprint density at radius 3 is 2.93 bits per heavy atom. The van der Waals surface area contributed by atoms with Crippen molar-refractivity contribution in [1.82, 2.24) is 9.55 Å². The van der Waals surface area contributed by atoms with Crippen LogP contribution in [0.4, 0.5) is 0 Å². The Balaban J connectivity index is 2.44. The Kier molecular flexibility index (Phi) is 2.52. The van der Waals surface area contributed by atoms with Crippen molar-refractivity contribution in [2.24, 2.45) is 7.05 Å². The van der Waals surface area contributed by atoms with Gasteiger partial charge in [-0.1, -0.05) is 0 Å². The van der Waals surface area contributed by atoms with Gasteiger partial charge in [-0.2, -0.15) is 0 Å². The number of imidazole rings is 1. The summed E-state index contributed by atoms with van der Waals surface area (Å²) >= 11 is 4.85. The number of ketones is 1. The van der Waals surface area contributed by atoms with Crippen molar-refractivity contribution >= 4 is 33.0 Å². The van der Waals surface area contributed by atoms with Gasteiger partial charge in [0.2, 0.25) is 5.78 Å². The van der Waals surface area contributed by atoms with Crippen LogP contribution in [0.25, 0.3) is 0 Å². The molecule has 3 nitrogen and oxygen atoms in total. The Morgan fingerprint density at radius 1 is 1.64 bits per heavy atom.